The molecule has 0 atom stereocenters. The number of nitrogens with zero attached hydrogens (tertiary/aromatic N) is 1. The number of esters is 1. The van der Waals surface area contributed by atoms with Crippen LogP contribution in [0.25, 0.3) is 0 Å². The summed E-state index contributed by atoms with van der Waals surface area (Å²) in [6.45, 7) is 1.09. The van der Waals surface area contributed by atoms with Crippen molar-refractivity contribution in [2.24, 2.45) is 0 Å². The molecule has 25 heavy (non-hydrogen) atoms. The van der Waals surface area contributed by atoms with Crippen molar-refractivity contribution in [2.75, 3.05) is 13.1 Å². The lowest BCUT2D eigenvalue weighted by atomic mass is 10.2. The third-order valence-electron chi connectivity index (χ3n) is 4.05. The SMILES string of the molecule is O=C(Oc1cccc(Cl)c1)c1ccc(S(=O)(=O)N2CCCCC2)cc1. The lowest BCUT2D eigenvalue weighted by Crippen LogP contribution is -2.35. The molecule has 0 unspecified atom stereocenters. The van der Waals surface area contributed by atoms with Gasteiger partial charge in [0.25, 0.3) is 0 Å². The molecular weight excluding hydrogens is 362 g/mol. The van der Waals surface area contributed by atoms with Crippen LogP contribution in [-0.2, 0) is 10.0 Å². The molecule has 0 N–H and O–H groups in total. The third-order valence-corrected chi connectivity index (χ3v) is 6.20. The first-order valence-corrected chi connectivity index (χ1v) is 9.86. The van der Waals surface area contributed by atoms with Gasteiger partial charge in [-0.3, -0.25) is 0 Å². The van der Waals surface area contributed by atoms with Gasteiger partial charge in [0.1, 0.15) is 5.75 Å². The number of carbonyl (C=O) groups is 1. The molecule has 0 radical (unpaired) electrons. The monoisotopic (exact) mass is 379 g/mol. The van der Waals surface area contributed by atoms with Gasteiger partial charge in [-0.2, -0.15) is 4.31 Å². The van der Waals surface area contributed by atoms with E-state index in [9.17, 15) is 13.2 Å². The van der Waals surface area contributed by atoms with Crippen LogP contribution in [0, 0.1) is 0 Å². The summed E-state index contributed by atoms with van der Waals surface area (Å²) in [6.07, 6.45) is 2.81. The Kier molecular flexibility index (Phi) is 5.42. The highest BCUT2D eigenvalue weighted by Crippen LogP contribution is 2.22. The minimum Gasteiger partial charge on any atom is -0.423 e. The van der Waals surface area contributed by atoms with Gasteiger partial charge in [-0.1, -0.05) is 24.1 Å². The Bertz CT molecular complexity index is 859. The molecule has 0 bridgehead atoms. The molecule has 0 aliphatic carbocycles. The van der Waals surface area contributed by atoms with E-state index < -0.39 is 16.0 Å². The molecule has 5 nitrogen and oxygen atoms in total. The number of benzene rings is 2. The number of carbonyl (C=O) groups excluding carboxylic acids is 1. The Balaban J connectivity index is 1.74. The number of rotatable bonds is 4. The van der Waals surface area contributed by atoms with Crippen molar-refractivity contribution in [3.63, 3.8) is 0 Å². The van der Waals surface area contributed by atoms with Crippen LogP contribution in [0.1, 0.15) is 29.6 Å². The van der Waals surface area contributed by atoms with Crippen LogP contribution in [0.5, 0.6) is 5.75 Å². The summed E-state index contributed by atoms with van der Waals surface area (Å²) in [4.78, 5) is 12.4. The smallest absolute Gasteiger partial charge is 0.343 e. The second-order valence-electron chi connectivity index (χ2n) is 5.84. The van der Waals surface area contributed by atoms with Gasteiger partial charge in [0.15, 0.2) is 0 Å². The fourth-order valence-electron chi connectivity index (χ4n) is 2.71. The number of ether oxygens (including phenoxy) is 1. The molecule has 0 amide bonds. The molecule has 1 aliphatic rings. The molecule has 7 heteroatoms. The normalized spacial score (nSPS) is 15.7. The lowest BCUT2D eigenvalue weighted by Gasteiger charge is -2.25. The molecule has 3 rings (SSSR count). The molecule has 1 fully saturated rings. The minimum absolute atomic E-state index is 0.189. The Hall–Kier alpha value is -1.89. The van der Waals surface area contributed by atoms with Crippen molar-refractivity contribution < 1.29 is 17.9 Å². The summed E-state index contributed by atoms with van der Waals surface area (Å²) in [7, 11) is -3.51. The molecule has 1 saturated heterocycles. The Labute approximate surface area is 152 Å². The van der Waals surface area contributed by atoms with E-state index in [0.717, 1.165) is 19.3 Å². The first-order valence-electron chi connectivity index (χ1n) is 8.05. The van der Waals surface area contributed by atoms with Gasteiger partial charge in [0.05, 0.1) is 10.5 Å². The van der Waals surface area contributed by atoms with Crippen LogP contribution >= 0.6 is 11.6 Å². The summed E-state index contributed by atoms with van der Waals surface area (Å²) in [5.74, 6) is -0.230. The summed E-state index contributed by atoms with van der Waals surface area (Å²) < 4.78 is 31.9. The molecule has 0 saturated carbocycles. The van der Waals surface area contributed by atoms with E-state index in [-0.39, 0.29) is 10.5 Å². The molecule has 0 aromatic heterocycles. The predicted molar refractivity (Wildman–Crippen MR) is 95.5 cm³/mol. The van der Waals surface area contributed by atoms with Gasteiger partial charge in [-0.15, -0.1) is 0 Å². The number of hydrogen-bond acceptors (Lipinski definition) is 4. The highest BCUT2D eigenvalue weighted by Gasteiger charge is 2.26. The minimum atomic E-state index is -3.51. The van der Waals surface area contributed by atoms with Crippen LogP contribution in [0.4, 0.5) is 0 Å². The predicted octanol–water partition coefficient (Wildman–Crippen LogP) is 3.73. The van der Waals surface area contributed by atoms with Gasteiger partial charge >= 0.3 is 5.97 Å². The topological polar surface area (TPSA) is 63.7 Å². The van der Waals surface area contributed by atoms with Crippen LogP contribution in [0.2, 0.25) is 5.02 Å². The van der Waals surface area contributed by atoms with Crippen LogP contribution in [0.3, 0.4) is 0 Å². The van der Waals surface area contributed by atoms with Crippen LogP contribution < -0.4 is 4.74 Å². The highest BCUT2D eigenvalue weighted by molar-refractivity contribution is 7.89. The summed E-state index contributed by atoms with van der Waals surface area (Å²) in [5, 5.41) is 0.466. The Morgan fingerprint density at radius 2 is 1.68 bits per heavy atom. The molecule has 1 heterocycles. The van der Waals surface area contributed by atoms with Crippen molar-refractivity contribution in [2.45, 2.75) is 24.2 Å². The quantitative estimate of drug-likeness (QED) is 0.599. The molecule has 1 aliphatic heterocycles. The van der Waals surface area contributed by atoms with E-state index in [2.05, 4.69) is 0 Å². The lowest BCUT2D eigenvalue weighted by molar-refractivity contribution is 0.0734. The zero-order chi connectivity index (χ0) is 17.9. The van der Waals surface area contributed by atoms with E-state index in [4.69, 9.17) is 16.3 Å². The average molecular weight is 380 g/mol. The summed E-state index contributed by atoms with van der Waals surface area (Å²) in [6, 6.07) is 12.3. The van der Waals surface area contributed by atoms with Crippen molar-refractivity contribution in [3.8, 4) is 5.75 Å². The maximum atomic E-state index is 12.6. The average Bonchev–Trinajstić information content (AvgIpc) is 2.62. The van der Waals surface area contributed by atoms with Crippen molar-refractivity contribution in [3.05, 3.63) is 59.1 Å². The first kappa shape index (κ1) is 17.9. The number of hydrogen-bond donors (Lipinski definition) is 0. The molecule has 132 valence electrons. The standard InChI is InChI=1S/C18H18ClNO4S/c19-15-5-4-6-16(13-15)24-18(21)14-7-9-17(10-8-14)25(22,23)20-11-2-1-3-12-20/h4-10,13H,1-3,11-12H2. The fourth-order valence-corrected chi connectivity index (χ4v) is 4.41. The fraction of sp³-hybridized carbons (Fsp3) is 0.278. The van der Waals surface area contributed by atoms with Crippen molar-refractivity contribution >= 4 is 27.6 Å². The third kappa shape index (κ3) is 4.21. The summed E-state index contributed by atoms with van der Waals surface area (Å²) >= 11 is 5.86. The second-order valence-corrected chi connectivity index (χ2v) is 8.21. The van der Waals surface area contributed by atoms with Crippen LogP contribution in [0.15, 0.2) is 53.4 Å². The van der Waals surface area contributed by atoms with E-state index in [1.54, 1.807) is 18.2 Å². The van der Waals surface area contributed by atoms with Crippen molar-refractivity contribution in [1.29, 1.82) is 0 Å². The van der Waals surface area contributed by atoms with E-state index >= 15 is 0 Å². The maximum absolute atomic E-state index is 12.6. The van der Waals surface area contributed by atoms with Gasteiger partial charge in [0.2, 0.25) is 10.0 Å². The van der Waals surface area contributed by atoms with Gasteiger partial charge in [0, 0.05) is 18.1 Å². The number of piperidine rings is 1. The van der Waals surface area contributed by atoms with Gasteiger partial charge in [-0.05, 0) is 55.3 Å². The van der Waals surface area contributed by atoms with E-state index in [1.807, 2.05) is 0 Å². The maximum Gasteiger partial charge on any atom is 0.343 e. The van der Waals surface area contributed by atoms with E-state index in [0.29, 0.717) is 23.9 Å². The van der Waals surface area contributed by atoms with Crippen molar-refractivity contribution in [1.82, 2.24) is 4.31 Å². The first-order chi connectivity index (χ1) is 12.0. The molecular formula is C18H18ClNO4S. The van der Waals surface area contributed by atoms with Gasteiger partial charge in [-0.25, -0.2) is 13.2 Å². The number of halogens is 1. The zero-order valence-corrected chi connectivity index (χ0v) is 15.1. The number of sulfonamides is 1. The second kappa shape index (κ2) is 7.56. The largest absolute Gasteiger partial charge is 0.423 e. The Morgan fingerprint density at radius 3 is 2.32 bits per heavy atom. The molecule has 0 spiro atoms. The van der Waals surface area contributed by atoms with Crippen LogP contribution in [-0.4, -0.2) is 31.8 Å². The van der Waals surface area contributed by atoms with E-state index in [1.165, 1.54) is 34.6 Å². The van der Waals surface area contributed by atoms with Gasteiger partial charge < -0.3 is 4.74 Å². The molecule has 2 aromatic carbocycles. The highest BCUT2D eigenvalue weighted by atomic mass is 35.5. The summed E-state index contributed by atoms with van der Waals surface area (Å²) in [5.41, 5.74) is 0.276. The zero-order valence-electron chi connectivity index (χ0n) is 13.5. The Morgan fingerprint density at radius 1 is 1.00 bits per heavy atom. The molecule has 2 aromatic rings.